The van der Waals surface area contributed by atoms with Gasteiger partial charge >= 0.3 is 35.6 Å². The lowest BCUT2D eigenvalue weighted by Crippen LogP contribution is -2.30. The Balaban J connectivity index is 0.000000186. The summed E-state index contributed by atoms with van der Waals surface area (Å²) in [5, 5.41) is 0. The molecule has 9 aromatic carbocycles. The number of hydrogen-bond donors (Lipinski definition) is 0. The molecule has 0 bridgehead atoms. The molecule has 9 aromatic rings. The molecule has 3 saturated heterocycles. The van der Waals surface area contributed by atoms with Gasteiger partial charge in [0.05, 0.1) is 38.1 Å². The first-order chi connectivity index (χ1) is 55.0. The van der Waals surface area contributed by atoms with Crippen molar-refractivity contribution in [2.45, 2.75) is 152 Å². The highest BCUT2D eigenvalue weighted by molar-refractivity contribution is 9.09. The predicted molar refractivity (Wildman–Crippen MR) is 381 cm³/mol. The van der Waals surface area contributed by atoms with Crippen molar-refractivity contribution in [2.75, 3.05) is 19.8 Å². The first kappa shape index (κ1) is 90.3. The van der Waals surface area contributed by atoms with Crippen LogP contribution in [-0.2, 0) is 48.2 Å². The van der Waals surface area contributed by atoms with Crippen LogP contribution < -0.4 is 14.2 Å². The lowest BCUT2D eigenvalue weighted by Gasteiger charge is -2.29. The summed E-state index contributed by atoms with van der Waals surface area (Å²) in [5.41, 5.74) is -6.17. The van der Waals surface area contributed by atoms with Crippen molar-refractivity contribution in [1.82, 2.24) is 0 Å². The van der Waals surface area contributed by atoms with Gasteiger partial charge in [-0.1, -0.05) is 113 Å². The molecule has 0 saturated carbocycles. The van der Waals surface area contributed by atoms with Gasteiger partial charge in [0.2, 0.25) is 0 Å². The minimum Gasteiger partial charge on any atom is -0.429 e. The largest absolute Gasteiger partial charge is 0.527 e. The van der Waals surface area contributed by atoms with E-state index in [2.05, 4.69) is 39.7 Å². The van der Waals surface area contributed by atoms with Crippen LogP contribution in [0.1, 0.15) is 161 Å². The molecule has 3 aliphatic heterocycles. The van der Waals surface area contributed by atoms with E-state index < -0.39 is 151 Å². The Hall–Kier alpha value is -9.05. The van der Waals surface area contributed by atoms with Crippen molar-refractivity contribution in [1.29, 1.82) is 0 Å². The highest BCUT2D eigenvalue weighted by Crippen LogP contribution is 2.47. The zero-order valence-corrected chi connectivity index (χ0v) is 63.3. The van der Waals surface area contributed by atoms with Gasteiger partial charge in [0.25, 0.3) is 0 Å². The van der Waals surface area contributed by atoms with Crippen LogP contribution in [0.2, 0.25) is 0 Å². The molecule has 7 nitrogen and oxygen atoms in total. The summed E-state index contributed by atoms with van der Waals surface area (Å²) in [5.74, 6) is -23.3. The second kappa shape index (κ2) is 37.5. The van der Waals surface area contributed by atoms with E-state index in [4.69, 9.17) is 14.2 Å². The molecule has 0 spiro atoms. The molecule has 33 heteroatoms. The molecule has 12 rings (SSSR count). The van der Waals surface area contributed by atoms with E-state index in [0.29, 0.717) is 91.2 Å². The number of alkyl halides is 14. The van der Waals surface area contributed by atoms with Gasteiger partial charge in [-0.2, -0.15) is 43.9 Å². The third-order valence-corrected chi connectivity index (χ3v) is 19.9. The van der Waals surface area contributed by atoms with Crippen molar-refractivity contribution in [3.63, 3.8) is 0 Å². The van der Waals surface area contributed by atoms with Gasteiger partial charge < -0.3 is 28.4 Å². The summed E-state index contributed by atoms with van der Waals surface area (Å²) in [4.78, 5) is -4.13. The summed E-state index contributed by atoms with van der Waals surface area (Å²) in [6, 6.07) is 24.9. The van der Waals surface area contributed by atoms with Crippen LogP contribution in [0, 0.1) is 87.6 Å². The summed E-state index contributed by atoms with van der Waals surface area (Å²) in [6.07, 6.45) is -14.0. The van der Waals surface area contributed by atoms with Gasteiger partial charge in [0, 0.05) is 42.5 Å². The zero-order chi connectivity index (χ0) is 85.4. The van der Waals surface area contributed by atoms with Crippen molar-refractivity contribution < 1.29 is 143 Å². The normalized spacial score (nSPS) is 18.3. The molecular formula is C84H70BrF25O7. The molecule has 0 amide bonds. The summed E-state index contributed by atoms with van der Waals surface area (Å²) in [7, 11) is 0. The van der Waals surface area contributed by atoms with E-state index >= 15 is 0 Å². The monoisotopic (exact) mass is 1740 g/mol. The van der Waals surface area contributed by atoms with Crippen molar-refractivity contribution in [3.05, 3.63) is 266 Å². The maximum absolute atomic E-state index is 14.8. The number of rotatable bonds is 24. The Morgan fingerprint density at radius 1 is 0.299 bits per heavy atom. The molecular weight excluding hydrogens is 1680 g/mol. The number of halogens is 26. The minimum atomic E-state index is -6.02. The lowest BCUT2D eigenvalue weighted by atomic mass is 9.91. The molecule has 3 aliphatic rings. The van der Waals surface area contributed by atoms with Crippen LogP contribution in [0.15, 0.2) is 152 Å². The molecule has 630 valence electrons. The maximum atomic E-state index is 14.8. The molecule has 3 heterocycles. The zero-order valence-electron chi connectivity index (χ0n) is 61.7. The highest BCUT2D eigenvalue weighted by atomic mass is 79.9. The van der Waals surface area contributed by atoms with Gasteiger partial charge in [-0.3, -0.25) is 0 Å². The van der Waals surface area contributed by atoms with Crippen LogP contribution in [0.3, 0.4) is 0 Å². The summed E-state index contributed by atoms with van der Waals surface area (Å²) < 4.78 is 382. The van der Waals surface area contributed by atoms with Crippen LogP contribution >= 0.6 is 15.9 Å². The van der Waals surface area contributed by atoms with E-state index in [1.54, 1.807) is 76.6 Å². The van der Waals surface area contributed by atoms with Gasteiger partial charge in [-0.05, 0) is 178 Å². The van der Waals surface area contributed by atoms with Crippen LogP contribution in [0.25, 0.3) is 33.4 Å². The summed E-state index contributed by atoms with van der Waals surface area (Å²) in [6.45, 7) is 8.30. The number of hydrogen-bond acceptors (Lipinski definition) is 7. The smallest absolute Gasteiger partial charge is 0.429 e. The Kier molecular flexibility index (Phi) is 28.9. The maximum Gasteiger partial charge on any atom is 0.527 e. The molecule has 0 radical (unpaired) electrons. The quantitative estimate of drug-likeness (QED) is 0.0441. The van der Waals surface area contributed by atoms with Crippen LogP contribution in [0.5, 0.6) is 17.2 Å². The minimum absolute atomic E-state index is 0.0373. The Morgan fingerprint density at radius 2 is 0.538 bits per heavy atom. The summed E-state index contributed by atoms with van der Waals surface area (Å²) >= 11 is 1.78. The fourth-order valence-electron chi connectivity index (χ4n) is 14.0. The molecule has 6 atom stereocenters. The van der Waals surface area contributed by atoms with E-state index in [1.165, 1.54) is 12.1 Å². The third kappa shape index (κ3) is 22.9. The Labute approximate surface area is 662 Å². The fourth-order valence-corrected chi connectivity index (χ4v) is 14.4. The average Bonchev–Trinajstić information content (AvgIpc) is 0.791. The molecule has 0 N–H and O–H groups in total. The standard InChI is InChI=1S/C29H23F11O3.C28H23BrF8O2.C27H24F6O2/c1-2-3-15-4-9-24(41-14-15)17-7-5-16(6-8-17)18-10-20(30)25(21(31)11-18)27(34,35)42-19-12-22(32)26(23(33)13-19)28(36,37)43-29(38,39)40;1-2-3-15-4-9-24(38-14-15)17-7-5-16(6-8-17)18-10-20(30)26(21(31)11-18)28(36,37)39-19-12-22(32)25(23(33)13-19)27(29,34)35;1-2-3-16-4-9-25(34-15-16)18-7-5-17(6-8-18)19-10-23(30)26(24(31)11-19)27(32,33)35-22-13-20(28)12-21(29)14-22/h5-8,10-13,15,24H,2-4,9,14H2,1H3;5-8,10-13,15,24H,2-4,9,14H2,1H3;5-8,10-14,16,25H,2-4,9,15H2,1H3. The first-order valence-corrected chi connectivity index (χ1v) is 37.3. The predicted octanol–water partition coefficient (Wildman–Crippen LogP) is 27.9. The topological polar surface area (TPSA) is 64.6 Å². The van der Waals surface area contributed by atoms with E-state index in [-0.39, 0.29) is 64.8 Å². The van der Waals surface area contributed by atoms with E-state index in [1.807, 2.05) is 0 Å². The van der Waals surface area contributed by atoms with E-state index in [0.717, 1.165) is 106 Å². The van der Waals surface area contributed by atoms with Gasteiger partial charge in [0.1, 0.15) is 115 Å². The highest BCUT2D eigenvalue weighted by Gasteiger charge is 2.51. The number of benzene rings is 9. The molecule has 0 aromatic heterocycles. The van der Waals surface area contributed by atoms with Crippen molar-refractivity contribution in [3.8, 4) is 50.6 Å². The van der Waals surface area contributed by atoms with Gasteiger partial charge in [-0.15, -0.1) is 13.2 Å². The molecule has 6 unspecified atom stereocenters. The Morgan fingerprint density at radius 3 is 0.769 bits per heavy atom. The van der Waals surface area contributed by atoms with Crippen LogP contribution in [0.4, 0.5) is 110 Å². The first-order valence-electron chi connectivity index (χ1n) is 36.5. The van der Waals surface area contributed by atoms with E-state index in [9.17, 15) is 110 Å². The fraction of sp³-hybridized carbons (Fsp3) is 0.357. The van der Waals surface area contributed by atoms with Gasteiger partial charge in [-0.25, -0.2) is 57.4 Å². The van der Waals surface area contributed by atoms with Crippen molar-refractivity contribution in [2.24, 2.45) is 17.8 Å². The lowest BCUT2D eigenvalue weighted by molar-refractivity contribution is -0.432. The molecule has 117 heavy (non-hydrogen) atoms. The van der Waals surface area contributed by atoms with Crippen LogP contribution in [-0.4, -0.2) is 26.2 Å². The second-order valence-corrected chi connectivity index (χ2v) is 29.0. The SMILES string of the molecule is CCCC1CCC(c2ccc(-c3cc(F)c(C(F)(F)Oc4cc(F)c(C(F)(F)Br)c(F)c4)c(F)c3)cc2)OC1.CCCC1CCC(c2ccc(-c3cc(F)c(C(F)(F)Oc4cc(F)c(C(F)(F)OC(F)(F)F)c(F)c4)c(F)c3)cc2)OC1.CCCC1CCC(c2ccc(-c3cc(F)c(C(F)(F)Oc4cc(F)cc(F)c4)c(F)c3)cc2)OC1. The molecule has 3 fully saturated rings. The molecule has 0 aliphatic carbocycles. The Bertz CT molecular complexity index is 4750. The number of ether oxygens (including phenoxy) is 7. The van der Waals surface area contributed by atoms with Gasteiger partial charge in [0.15, 0.2) is 0 Å². The third-order valence-electron chi connectivity index (χ3n) is 19.5. The average molecular weight is 1750 g/mol. The second-order valence-electron chi connectivity index (χ2n) is 28.0. The van der Waals surface area contributed by atoms with Crippen molar-refractivity contribution >= 4 is 15.9 Å².